The van der Waals surface area contributed by atoms with Crippen molar-refractivity contribution >= 4 is 58.8 Å². The van der Waals surface area contributed by atoms with Crippen molar-refractivity contribution in [2.45, 2.75) is 57.8 Å². The summed E-state index contributed by atoms with van der Waals surface area (Å²) in [5.41, 5.74) is 0. The van der Waals surface area contributed by atoms with Crippen LogP contribution in [0.25, 0.3) is 0 Å². The minimum atomic E-state index is 0.717. The van der Waals surface area contributed by atoms with Crippen molar-refractivity contribution in [1.82, 2.24) is 0 Å². The Kier molecular flexibility index (Phi) is 11.7. The summed E-state index contributed by atoms with van der Waals surface area (Å²) in [6.07, 6.45) is 0. The molecule has 0 heterocycles. The highest BCUT2D eigenvalue weighted by molar-refractivity contribution is 8.03. The highest BCUT2D eigenvalue weighted by Gasteiger charge is 2.05. The molecule has 0 N–H and O–H groups in total. The predicted octanol–water partition coefficient (Wildman–Crippen LogP) is 8.31. The molecular weight excluding hydrogens is 425 g/mol. The molecule has 0 saturated carbocycles. The lowest BCUT2D eigenvalue weighted by molar-refractivity contribution is 1.12. The van der Waals surface area contributed by atoms with E-state index in [4.69, 9.17) is 0 Å². The van der Waals surface area contributed by atoms with Crippen molar-refractivity contribution in [2.75, 3.05) is 23.0 Å². The number of benzene rings is 2. The molecule has 2 rings (SSSR count). The van der Waals surface area contributed by atoms with E-state index in [1.165, 1.54) is 42.6 Å². The van der Waals surface area contributed by atoms with Crippen LogP contribution < -0.4 is 0 Å². The van der Waals surface area contributed by atoms with E-state index in [-0.39, 0.29) is 0 Å². The van der Waals surface area contributed by atoms with E-state index in [9.17, 15) is 0 Å². The van der Waals surface area contributed by atoms with Crippen molar-refractivity contribution in [3.8, 4) is 0 Å². The summed E-state index contributed by atoms with van der Waals surface area (Å²) in [5.74, 6) is 4.76. The fourth-order valence-corrected chi connectivity index (χ4v) is 7.08. The SMILES string of the molecule is CCSC(C)CSc1ccc(Sc2ccc(SCC(C)SCC)cc2)cc1. The maximum Gasteiger partial charge on any atom is 0.0123 e. The molecule has 2 aromatic carbocycles. The summed E-state index contributed by atoms with van der Waals surface area (Å²) in [6, 6.07) is 18.0. The van der Waals surface area contributed by atoms with Gasteiger partial charge in [-0.1, -0.05) is 39.5 Å². The zero-order valence-electron chi connectivity index (χ0n) is 16.6. The van der Waals surface area contributed by atoms with Gasteiger partial charge in [-0.25, -0.2) is 0 Å². The van der Waals surface area contributed by atoms with Gasteiger partial charge >= 0.3 is 0 Å². The van der Waals surface area contributed by atoms with Gasteiger partial charge in [-0.2, -0.15) is 23.5 Å². The standard InChI is InChI=1S/C22H30S5/c1-5-23-17(3)15-25-19-7-11-21(12-8-19)27-22-13-9-20(10-14-22)26-16-18(4)24-6-2/h7-14,17-18H,5-6,15-16H2,1-4H3. The van der Waals surface area contributed by atoms with Crippen molar-refractivity contribution in [3.63, 3.8) is 0 Å². The van der Waals surface area contributed by atoms with E-state index in [2.05, 4.69) is 76.2 Å². The molecule has 2 atom stereocenters. The molecule has 0 nitrogen and oxygen atoms in total. The molecule has 2 aromatic rings. The Morgan fingerprint density at radius 3 is 1.26 bits per heavy atom. The molecule has 0 aliphatic rings. The maximum atomic E-state index is 2.32. The normalized spacial score (nSPS) is 13.5. The molecule has 0 aliphatic carbocycles. The third-order valence-corrected chi connectivity index (χ3v) is 9.88. The molecule has 5 heteroatoms. The molecule has 0 radical (unpaired) electrons. The Labute approximate surface area is 187 Å². The van der Waals surface area contributed by atoms with Gasteiger partial charge in [0.1, 0.15) is 0 Å². The van der Waals surface area contributed by atoms with Gasteiger partial charge in [-0.3, -0.25) is 0 Å². The third-order valence-electron chi connectivity index (χ3n) is 3.75. The van der Waals surface area contributed by atoms with Crippen LogP contribution in [-0.4, -0.2) is 33.5 Å². The van der Waals surface area contributed by atoms with E-state index in [1.54, 1.807) is 0 Å². The van der Waals surface area contributed by atoms with E-state index < -0.39 is 0 Å². The third kappa shape index (κ3) is 9.49. The maximum absolute atomic E-state index is 2.32. The zero-order chi connectivity index (χ0) is 19.5. The van der Waals surface area contributed by atoms with Crippen LogP contribution in [0.4, 0.5) is 0 Å². The van der Waals surface area contributed by atoms with Crippen LogP contribution in [0.15, 0.2) is 68.1 Å². The lowest BCUT2D eigenvalue weighted by Crippen LogP contribution is -1.99. The first-order valence-electron chi connectivity index (χ1n) is 9.47. The molecule has 2 unspecified atom stereocenters. The van der Waals surface area contributed by atoms with Gasteiger partial charge in [0.25, 0.3) is 0 Å². The topological polar surface area (TPSA) is 0 Å². The van der Waals surface area contributed by atoms with Crippen LogP contribution >= 0.6 is 58.8 Å². The van der Waals surface area contributed by atoms with Gasteiger partial charge in [-0.05, 0) is 60.0 Å². The molecule has 0 bridgehead atoms. The first-order valence-corrected chi connectivity index (χ1v) is 14.4. The fraction of sp³-hybridized carbons (Fsp3) is 0.455. The number of rotatable bonds is 12. The largest absolute Gasteiger partial charge is 0.158 e. The number of hydrogen-bond donors (Lipinski definition) is 0. The van der Waals surface area contributed by atoms with E-state index in [0.717, 1.165) is 0 Å². The van der Waals surface area contributed by atoms with Crippen LogP contribution in [0.5, 0.6) is 0 Å². The minimum absolute atomic E-state index is 0.717. The van der Waals surface area contributed by atoms with E-state index in [0.29, 0.717) is 10.5 Å². The Bertz CT molecular complexity index is 581. The summed E-state index contributed by atoms with van der Waals surface area (Å²) in [6.45, 7) is 9.09. The highest BCUT2D eigenvalue weighted by atomic mass is 32.2. The second kappa shape index (κ2) is 13.4. The van der Waals surface area contributed by atoms with Crippen LogP contribution in [0, 0.1) is 0 Å². The van der Waals surface area contributed by atoms with Crippen LogP contribution in [-0.2, 0) is 0 Å². The molecule has 27 heavy (non-hydrogen) atoms. The molecule has 0 aromatic heterocycles. The van der Waals surface area contributed by atoms with Gasteiger partial charge in [0, 0.05) is 41.6 Å². The van der Waals surface area contributed by atoms with Gasteiger partial charge in [0.05, 0.1) is 0 Å². The molecule has 0 fully saturated rings. The van der Waals surface area contributed by atoms with Crippen molar-refractivity contribution in [2.24, 2.45) is 0 Å². The van der Waals surface area contributed by atoms with Crippen molar-refractivity contribution in [3.05, 3.63) is 48.5 Å². The minimum Gasteiger partial charge on any atom is -0.158 e. The first-order chi connectivity index (χ1) is 13.1. The second-order valence-electron chi connectivity index (χ2n) is 6.20. The molecule has 0 saturated heterocycles. The number of thioether (sulfide) groups is 4. The van der Waals surface area contributed by atoms with Gasteiger partial charge in [0.2, 0.25) is 0 Å². The van der Waals surface area contributed by atoms with E-state index in [1.807, 2.05) is 58.8 Å². The monoisotopic (exact) mass is 454 g/mol. The molecule has 0 aliphatic heterocycles. The van der Waals surface area contributed by atoms with Crippen LogP contribution in [0.3, 0.4) is 0 Å². The Balaban J connectivity index is 1.80. The highest BCUT2D eigenvalue weighted by Crippen LogP contribution is 2.32. The lowest BCUT2D eigenvalue weighted by Gasteiger charge is -2.10. The van der Waals surface area contributed by atoms with Crippen LogP contribution in [0.2, 0.25) is 0 Å². The Morgan fingerprint density at radius 1 is 0.593 bits per heavy atom. The van der Waals surface area contributed by atoms with Gasteiger partial charge in [-0.15, -0.1) is 23.5 Å². The molecular formula is C22H30S5. The van der Waals surface area contributed by atoms with E-state index >= 15 is 0 Å². The average molecular weight is 455 g/mol. The average Bonchev–Trinajstić information content (AvgIpc) is 2.67. The molecule has 148 valence electrons. The van der Waals surface area contributed by atoms with Gasteiger partial charge < -0.3 is 0 Å². The lowest BCUT2D eigenvalue weighted by atomic mass is 10.4. The first kappa shape index (κ1) is 23.5. The molecule has 0 spiro atoms. The van der Waals surface area contributed by atoms with Crippen molar-refractivity contribution < 1.29 is 0 Å². The summed E-state index contributed by atoms with van der Waals surface area (Å²) in [4.78, 5) is 5.36. The predicted molar refractivity (Wildman–Crippen MR) is 134 cm³/mol. The quantitative estimate of drug-likeness (QED) is 0.295. The summed E-state index contributed by atoms with van der Waals surface area (Å²) < 4.78 is 0. The summed E-state index contributed by atoms with van der Waals surface area (Å²) >= 11 is 9.84. The second-order valence-corrected chi connectivity index (χ2v) is 13.0. The smallest absolute Gasteiger partial charge is 0.0123 e. The summed E-state index contributed by atoms with van der Waals surface area (Å²) in [5, 5.41) is 1.43. The van der Waals surface area contributed by atoms with Crippen molar-refractivity contribution in [1.29, 1.82) is 0 Å². The summed E-state index contributed by atoms with van der Waals surface area (Å²) in [7, 11) is 0. The van der Waals surface area contributed by atoms with Crippen LogP contribution in [0.1, 0.15) is 27.7 Å². The Hall–Kier alpha value is 0.190. The van der Waals surface area contributed by atoms with Gasteiger partial charge in [0.15, 0.2) is 0 Å². The Morgan fingerprint density at radius 2 is 0.926 bits per heavy atom. The molecule has 0 amide bonds. The zero-order valence-corrected chi connectivity index (χ0v) is 20.7. The fourth-order valence-electron chi connectivity index (χ4n) is 2.44. The number of hydrogen-bond acceptors (Lipinski definition) is 5.